The van der Waals surface area contributed by atoms with Crippen LogP contribution in [0.25, 0.3) is 6.08 Å². The van der Waals surface area contributed by atoms with Gasteiger partial charge in [-0.15, -0.1) is 0 Å². The number of aryl methyl sites for hydroxylation is 1. The molecule has 0 spiro atoms. The van der Waals surface area contributed by atoms with Crippen molar-refractivity contribution in [2.24, 2.45) is 4.99 Å². The van der Waals surface area contributed by atoms with Crippen molar-refractivity contribution in [1.82, 2.24) is 14.5 Å². The highest BCUT2D eigenvalue weighted by Crippen LogP contribution is 2.36. The Morgan fingerprint density at radius 2 is 1.95 bits per heavy atom. The molecule has 4 aromatic rings. The smallest absolute Gasteiger partial charge is 0.338 e. The molecule has 12 heteroatoms. The highest BCUT2D eigenvalue weighted by molar-refractivity contribution is 7.99. The first kappa shape index (κ1) is 27.4. The first-order valence-electron chi connectivity index (χ1n) is 12.3. The Kier molecular flexibility index (Phi) is 7.90. The van der Waals surface area contributed by atoms with Gasteiger partial charge in [0.15, 0.2) is 26.5 Å². The highest BCUT2D eigenvalue weighted by atomic mass is 32.2. The summed E-state index contributed by atoms with van der Waals surface area (Å²) in [7, 11) is 3.07. The van der Waals surface area contributed by atoms with E-state index in [0.29, 0.717) is 48.1 Å². The van der Waals surface area contributed by atoms with Crippen LogP contribution >= 0.6 is 23.1 Å². The third kappa shape index (κ3) is 5.32. The van der Waals surface area contributed by atoms with Gasteiger partial charge in [-0.05, 0) is 68.4 Å². The molecule has 40 heavy (non-hydrogen) atoms. The molecule has 1 aliphatic rings. The first-order chi connectivity index (χ1) is 19.3. The van der Waals surface area contributed by atoms with E-state index in [9.17, 15) is 9.59 Å². The molecule has 3 aromatic heterocycles. The minimum Gasteiger partial charge on any atom is -0.493 e. The molecule has 0 unspecified atom stereocenters. The van der Waals surface area contributed by atoms with E-state index in [0.717, 1.165) is 5.69 Å². The van der Waals surface area contributed by atoms with E-state index in [1.165, 1.54) is 34.8 Å². The number of furan rings is 1. The van der Waals surface area contributed by atoms with Crippen molar-refractivity contribution < 1.29 is 23.4 Å². The second kappa shape index (κ2) is 11.5. The SMILES string of the molecule is CCOC(=O)C1=C(C)N=c2s/c(=C/c3ccc(Sc4nccc(C)n4)o3)c(=O)n2[C@@H]1c1ccc(OC)c(OC)c1. The van der Waals surface area contributed by atoms with Crippen LogP contribution in [-0.4, -0.2) is 41.3 Å². The molecule has 4 heterocycles. The van der Waals surface area contributed by atoms with Crippen LogP contribution in [0.1, 0.15) is 36.9 Å². The fourth-order valence-electron chi connectivity index (χ4n) is 4.29. The fourth-order valence-corrected chi connectivity index (χ4v) is 6.07. The Hall–Kier alpha value is -4.16. The first-order valence-corrected chi connectivity index (χ1v) is 13.9. The van der Waals surface area contributed by atoms with Gasteiger partial charge in [0.05, 0.1) is 42.7 Å². The van der Waals surface area contributed by atoms with Gasteiger partial charge in [-0.25, -0.2) is 19.8 Å². The number of aromatic nitrogens is 3. The summed E-state index contributed by atoms with van der Waals surface area (Å²) in [5.74, 6) is 0.950. The molecule has 1 atom stereocenters. The number of hydrogen-bond donors (Lipinski definition) is 0. The van der Waals surface area contributed by atoms with Gasteiger partial charge in [0.2, 0.25) is 0 Å². The van der Waals surface area contributed by atoms with Gasteiger partial charge < -0.3 is 18.6 Å². The highest BCUT2D eigenvalue weighted by Gasteiger charge is 2.34. The van der Waals surface area contributed by atoms with Crippen molar-refractivity contribution in [2.45, 2.75) is 37.1 Å². The van der Waals surface area contributed by atoms with Crippen molar-refractivity contribution >= 4 is 35.1 Å². The van der Waals surface area contributed by atoms with Crippen LogP contribution in [0.4, 0.5) is 0 Å². The molecular formula is C28H26N4O6S2. The lowest BCUT2D eigenvalue weighted by Crippen LogP contribution is -2.39. The summed E-state index contributed by atoms with van der Waals surface area (Å²) in [5, 5.41) is 1.16. The minimum absolute atomic E-state index is 0.186. The summed E-state index contributed by atoms with van der Waals surface area (Å²) in [6.45, 7) is 5.55. The lowest BCUT2D eigenvalue weighted by Gasteiger charge is -2.25. The maximum absolute atomic E-state index is 13.8. The predicted octanol–water partition coefficient (Wildman–Crippen LogP) is 3.66. The molecule has 0 saturated heterocycles. The van der Waals surface area contributed by atoms with Gasteiger partial charge in [-0.1, -0.05) is 17.4 Å². The summed E-state index contributed by atoms with van der Waals surface area (Å²) in [6.07, 6.45) is 3.36. The van der Waals surface area contributed by atoms with Crippen molar-refractivity contribution in [3.63, 3.8) is 0 Å². The Balaban J connectivity index is 1.60. The maximum Gasteiger partial charge on any atom is 0.338 e. The van der Waals surface area contributed by atoms with Crippen LogP contribution in [0.2, 0.25) is 0 Å². The number of carbonyl (C=O) groups is 1. The van der Waals surface area contributed by atoms with Crippen LogP contribution in [0, 0.1) is 6.92 Å². The Morgan fingerprint density at radius 1 is 1.15 bits per heavy atom. The number of benzene rings is 1. The molecule has 0 saturated carbocycles. The summed E-state index contributed by atoms with van der Waals surface area (Å²) in [4.78, 5) is 40.6. The molecule has 1 aromatic carbocycles. The number of fused-ring (bicyclic) bond motifs is 1. The summed E-state index contributed by atoms with van der Waals surface area (Å²) in [6, 6.07) is 9.90. The second-order valence-electron chi connectivity index (χ2n) is 8.66. The summed E-state index contributed by atoms with van der Waals surface area (Å²) >= 11 is 2.50. The normalized spacial score (nSPS) is 15.0. The van der Waals surface area contributed by atoms with Gasteiger partial charge in [0, 0.05) is 18.0 Å². The van der Waals surface area contributed by atoms with E-state index in [1.807, 2.05) is 13.0 Å². The molecule has 0 N–H and O–H groups in total. The van der Waals surface area contributed by atoms with E-state index < -0.39 is 12.0 Å². The van der Waals surface area contributed by atoms with Crippen LogP contribution in [0.15, 0.2) is 78.3 Å². The molecule has 10 nitrogen and oxygen atoms in total. The van der Waals surface area contributed by atoms with E-state index in [1.54, 1.807) is 63.6 Å². The molecule has 206 valence electrons. The second-order valence-corrected chi connectivity index (χ2v) is 10.6. The quantitative estimate of drug-likeness (QED) is 0.228. The Morgan fingerprint density at radius 3 is 2.67 bits per heavy atom. The van der Waals surface area contributed by atoms with Crippen molar-refractivity contribution in [2.75, 3.05) is 20.8 Å². The lowest BCUT2D eigenvalue weighted by molar-refractivity contribution is -0.139. The molecule has 0 radical (unpaired) electrons. The largest absolute Gasteiger partial charge is 0.493 e. The molecule has 0 bridgehead atoms. The maximum atomic E-state index is 13.8. The zero-order valence-corrected chi connectivity index (χ0v) is 24.1. The third-order valence-electron chi connectivity index (χ3n) is 6.08. The van der Waals surface area contributed by atoms with Gasteiger partial charge in [0.1, 0.15) is 5.76 Å². The number of methoxy groups -OCH3 is 2. The third-order valence-corrected chi connectivity index (χ3v) is 7.86. The number of ether oxygens (including phenoxy) is 3. The molecule has 0 aliphatic carbocycles. The van der Waals surface area contributed by atoms with Gasteiger partial charge in [-0.2, -0.15) is 0 Å². The minimum atomic E-state index is -0.779. The van der Waals surface area contributed by atoms with Crippen molar-refractivity contribution in [3.05, 3.63) is 90.6 Å². The molecule has 0 fully saturated rings. The number of rotatable bonds is 8. The summed E-state index contributed by atoms with van der Waals surface area (Å²) < 4.78 is 24.1. The monoisotopic (exact) mass is 578 g/mol. The van der Waals surface area contributed by atoms with E-state index >= 15 is 0 Å². The molecule has 5 rings (SSSR count). The fraction of sp³-hybridized carbons (Fsp3) is 0.250. The topological polar surface area (TPSA) is 118 Å². The summed E-state index contributed by atoms with van der Waals surface area (Å²) in [5.41, 5.74) is 1.94. The number of thiazole rings is 1. The van der Waals surface area contributed by atoms with Crippen molar-refractivity contribution in [3.8, 4) is 11.5 Å². The zero-order chi connectivity index (χ0) is 28.4. The predicted molar refractivity (Wildman–Crippen MR) is 150 cm³/mol. The van der Waals surface area contributed by atoms with E-state index in [4.69, 9.17) is 18.6 Å². The molecule has 1 aliphatic heterocycles. The van der Waals surface area contributed by atoms with E-state index in [-0.39, 0.29) is 17.7 Å². The van der Waals surface area contributed by atoms with Crippen LogP contribution in [-0.2, 0) is 9.53 Å². The Bertz CT molecular complexity index is 1800. The van der Waals surface area contributed by atoms with Crippen LogP contribution in [0.5, 0.6) is 11.5 Å². The van der Waals surface area contributed by atoms with Crippen LogP contribution in [0.3, 0.4) is 0 Å². The zero-order valence-electron chi connectivity index (χ0n) is 22.5. The molecule has 0 amide bonds. The van der Waals surface area contributed by atoms with Crippen LogP contribution < -0.4 is 24.4 Å². The number of hydrogen-bond acceptors (Lipinski definition) is 11. The lowest BCUT2D eigenvalue weighted by atomic mass is 9.95. The van der Waals surface area contributed by atoms with Gasteiger partial charge in [0.25, 0.3) is 5.56 Å². The number of allylic oxidation sites excluding steroid dienone is 1. The van der Waals surface area contributed by atoms with E-state index in [2.05, 4.69) is 15.0 Å². The van der Waals surface area contributed by atoms with Crippen molar-refractivity contribution in [1.29, 1.82) is 0 Å². The Labute approximate surface area is 237 Å². The molecular weight excluding hydrogens is 552 g/mol. The average molecular weight is 579 g/mol. The number of nitrogens with zero attached hydrogens (tertiary/aromatic N) is 4. The number of esters is 1. The number of carbonyl (C=O) groups excluding carboxylic acids is 1. The average Bonchev–Trinajstić information content (AvgIpc) is 3.50. The van der Waals surface area contributed by atoms with Gasteiger partial charge >= 0.3 is 5.97 Å². The van der Waals surface area contributed by atoms with Gasteiger partial charge in [-0.3, -0.25) is 9.36 Å². The standard InChI is InChI=1S/C28H26N4O6S2/c1-6-37-26(34)23-16(3)31-28-32(24(23)17-7-9-19(35-4)20(13-17)36-5)25(33)21(39-28)14-18-8-10-22(38-18)40-27-29-12-11-15(2)30-27/h7-14,24H,6H2,1-5H3/b21-14+/t24-/m1/s1.